The number of alkyl halides is 3. The van der Waals surface area contributed by atoms with Gasteiger partial charge in [-0.2, -0.15) is 13.2 Å². The van der Waals surface area contributed by atoms with E-state index >= 15 is 0 Å². The zero-order valence-corrected chi connectivity index (χ0v) is 21.4. The van der Waals surface area contributed by atoms with E-state index in [1.807, 2.05) is 30.3 Å². The number of aromatic amines is 1. The van der Waals surface area contributed by atoms with Gasteiger partial charge < -0.3 is 20.9 Å². The van der Waals surface area contributed by atoms with Crippen LogP contribution in [0.2, 0.25) is 0 Å². The molecule has 0 aliphatic carbocycles. The molecule has 1 saturated heterocycles. The molecule has 1 aliphatic rings. The number of likely N-dealkylation sites (tertiary alicyclic amines) is 1. The Kier molecular flexibility index (Phi) is 7.65. The predicted octanol–water partition coefficient (Wildman–Crippen LogP) is 4.69. The van der Waals surface area contributed by atoms with Gasteiger partial charge >= 0.3 is 6.18 Å². The average molecular weight is 549 g/mol. The minimum Gasteiger partial charge on any atom is -0.350 e. The lowest BCUT2D eigenvalue weighted by Crippen LogP contribution is -2.46. The van der Waals surface area contributed by atoms with Crippen molar-refractivity contribution in [1.82, 2.24) is 19.9 Å². The second kappa shape index (κ2) is 11.3. The Labute approximate surface area is 228 Å². The standard InChI is InChI=1S/C29H27F3N6O2/c30-29(31,32)20-9-4-8-19(14-20)25-22(15-23(26(39)37-25)27(40)38-13-5-10-21(33)17-38)24-11-12-34-28(36-24)35-16-18-6-2-1-3-7-18/h1-4,6-9,11-12,14-15,21H,5,10,13,16-17,33H2,(H,37,39)(H,34,35,36). The number of halogens is 3. The molecule has 4 N–H and O–H groups in total. The van der Waals surface area contributed by atoms with Crippen molar-refractivity contribution in [2.24, 2.45) is 5.73 Å². The van der Waals surface area contributed by atoms with Gasteiger partial charge in [-0.1, -0.05) is 42.5 Å². The van der Waals surface area contributed by atoms with E-state index in [1.165, 1.54) is 29.3 Å². The molecule has 2 aromatic heterocycles. The zero-order chi connectivity index (χ0) is 28.3. The number of amides is 1. The number of nitrogens with zero attached hydrogens (tertiary/aromatic N) is 3. The van der Waals surface area contributed by atoms with Crippen LogP contribution in [0.4, 0.5) is 19.1 Å². The predicted molar refractivity (Wildman–Crippen MR) is 145 cm³/mol. The number of nitrogens with one attached hydrogen (secondary N) is 2. The largest absolute Gasteiger partial charge is 0.416 e. The van der Waals surface area contributed by atoms with Gasteiger partial charge in [0.2, 0.25) is 5.95 Å². The van der Waals surface area contributed by atoms with Crippen LogP contribution in [-0.2, 0) is 12.7 Å². The Balaban J connectivity index is 1.59. The van der Waals surface area contributed by atoms with Gasteiger partial charge in [0.1, 0.15) is 5.56 Å². The number of rotatable bonds is 6. The molecule has 1 fully saturated rings. The van der Waals surface area contributed by atoms with Crippen molar-refractivity contribution in [3.05, 3.63) is 100.0 Å². The van der Waals surface area contributed by atoms with Crippen LogP contribution in [0.3, 0.4) is 0 Å². The summed E-state index contributed by atoms with van der Waals surface area (Å²) in [5.74, 6) is -0.220. The van der Waals surface area contributed by atoms with E-state index in [0.717, 1.165) is 24.1 Å². The van der Waals surface area contributed by atoms with Crippen LogP contribution in [-0.4, -0.2) is 44.9 Å². The van der Waals surface area contributed by atoms with Gasteiger partial charge in [-0.3, -0.25) is 9.59 Å². The highest BCUT2D eigenvalue weighted by molar-refractivity contribution is 5.96. The molecule has 0 bridgehead atoms. The minimum absolute atomic E-state index is 0.107. The molecule has 0 radical (unpaired) electrons. The fraction of sp³-hybridized carbons (Fsp3) is 0.241. The van der Waals surface area contributed by atoms with Crippen molar-refractivity contribution in [3.63, 3.8) is 0 Å². The maximum atomic E-state index is 13.5. The van der Waals surface area contributed by atoms with Crippen LogP contribution in [0.15, 0.2) is 77.7 Å². The summed E-state index contributed by atoms with van der Waals surface area (Å²) in [5.41, 5.74) is 6.15. The third kappa shape index (κ3) is 6.04. The van der Waals surface area contributed by atoms with Crippen molar-refractivity contribution in [2.75, 3.05) is 18.4 Å². The first-order chi connectivity index (χ1) is 19.2. The number of anilines is 1. The van der Waals surface area contributed by atoms with Gasteiger partial charge in [0.15, 0.2) is 0 Å². The molecule has 8 nitrogen and oxygen atoms in total. The summed E-state index contributed by atoms with van der Waals surface area (Å²) in [5, 5.41) is 3.13. The van der Waals surface area contributed by atoms with Crippen LogP contribution in [0.1, 0.15) is 34.3 Å². The highest BCUT2D eigenvalue weighted by Gasteiger charge is 2.31. The van der Waals surface area contributed by atoms with Crippen molar-refractivity contribution in [1.29, 1.82) is 0 Å². The first-order valence-electron chi connectivity index (χ1n) is 12.8. The summed E-state index contributed by atoms with van der Waals surface area (Å²) in [4.78, 5) is 39.5. The third-order valence-electron chi connectivity index (χ3n) is 6.72. The van der Waals surface area contributed by atoms with E-state index in [1.54, 1.807) is 6.07 Å². The molecule has 0 spiro atoms. The molecule has 1 aliphatic heterocycles. The van der Waals surface area contributed by atoms with Gasteiger partial charge in [0.05, 0.1) is 17.0 Å². The van der Waals surface area contributed by atoms with Crippen LogP contribution in [0.25, 0.3) is 22.5 Å². The van der Waals surface area contributed by atoms with Gasteiger partial charge in [-0.25, -0.2) is 9.97 Å². The number of nitrogens with two attached hydrogens (primary N) is 1. The van der Waals surface area contributed by atoms with Crippen molar-refractivity contribution in [2.45, 2.75) is 31.6 Å². The fourth-order valence-corrected chi connectivity index (χ4v) is 4.71. The number of benzene rings is 2. The van der Waals surface area contributed by atoms with E-state index < -0.39 is 23.2 Å². The number of piperidine rings is 1. The lowest BCUT2D eigenvalue weighted by Gasteiger charge is -2.30. The summed E-state index contributed by atoms with van der Waals surface area (Å²) >= 11 is 0. The molecule has 1 amide bonds. The van der Waals surface area contributed by atoms with Gasteiger partial charge in [0, 0.05) is 37.4 Å². The minimum atomic E-state index is -4.58. The first-order valence-corrected chi connectivity index (χ1v) is 12.8. The number of carbonyl (C=O) groups is 1. The van der Waals surface area contributed by atoms with Gasteiger partial charge in [0.25, 0.3) is 11.5 Å². The Morgan fingerprint density at radius 2 is 1.90 bits per heavy atom. The number of pyridine rings is 1. The van der Waals surface area contributed by atoms with Gasteiger partial charge in [-0.15, -0.1) is 0 Å². The number of carbonyl (C=O) groups excluding carboxylic acids is 1. The summed E-state index contributed by atoms with van der Waals surface area (Å²) in [6, 6.07) is 17.0. The van der Waals surface area contributed by atoms with E-state index in [0.29, 0.717) is 31.7 Å². The first kappa shape index (κ1) is 27.1. The summed E-state index contributed by atoms with van der Waals surface area (Å²) in [6.07, 6.45) is -1.59. The molecule has 11 heteroatoms. The monoisotopic (exact) mass is 548 g/mol. The Morgan fingerprint density at radius 1 is 1.10 bits per heavy atom. The van der Waals surface area contributed by atoms with E-state index in [9.17, 15) is 22.8 Å². The number of aromatic nitrogens is 3. The quantitative estimate of drug-likeness (QED) is 0.322. The summed E-state index contributed by atoms with van der Waals surface area (Å²) in [7, 11) is 0. The fourth-order valence-electron chi connectivity index (χ4n) is 4.71. The summed E-state index contributed by atoms with van der Waals surface area (Å²) in [6.45, 7) is 1.21. The lowest BCUT2D eigenvalue weighted by molar-refractivity contribution is -0.137. The number of hydrogen-bond donors (Lipinski definition) is 3. The molecule has 3 heterocycles. The topological polar surface area (TPSA) is 117 Å². The van der Waals surface area contributed by atoms with Crippen molar-refractivity contribution in [3.8, 4) is 22.5 Å². The molecule has 206 valence electrons. The van der Waals surface area contributed by atoms with Gasteiger partial charge in [-0.05, 0) is 48.2 Å². The smallest absolute Gasteiger partial charge is 0.350 e. The number of H-pyrrole nitrogens is 1. The Morgan fingerprint density at radius 3 is 2.65 bits per heavy atom. The van der Waals surface area contributed by atoms with Crippen LogP contribution in [0, 0.1) is 0 Å². The highest BCUT2D eigenvalue weighted by Crippen LogP contribution is 2.35. The SMILES string of the molecule is NC1CCCN(C(=O)c2cc(-c3ccnc(NCc4ccccc4)n3)c(-c3cccc(C(F)(F)F)c3)[nH]c2=O)C1. The molecule has 4 aromatic rings. The molecule has 1 atom stereocenters. The maximum Gasteiger partial charge on any atom is 0.416 e. The van der Waals surface area contributed by atoms with Crippen LogP contribution in [0.5, 0.6) is 0 Å². The lowest BCUT2D eigenvalue weighted by atomic mass is 9.98. The highest BCUT2D eigenvalue weighted by atomic mass is 19.4. The second-order valence-electron chi connectivity index (χ2n) is 9.64. The molecule has 40 heavy (non-hydrogen) atoms. The Hall–Kier alpha value is -4.51. The van der Waals surface area contributed by atoms with E-state index in [2.05, 4.69) is 20.3 Å². The second-order valence-corrected chi connectivity index (χ2v) is 9.64. The number of hydrogen-bond acceptors (Lipinski definition) is 6. The summed E-state index contributed by atoms with van der Waals surface area (Å²) < 4.78 is 40.5. The third-order valence-corrected chi connectivity index (χ3v) is 6.72. The van der Waals surface area contributed by atoms with Crippen molar-refractivity contribution < 1.29 is 18.0 Å². The zero-order valence-electron chi connectivity index (χ0n) is 21.4. The van der Waals surface area contributed by atoms with Crippen LogP contribution < -0.4 is 16.6 Å². The molecule has 1 unspecified atom stereocenters. The molecular weight excluding hydrogens is 521 g/mol. The molecule has 2 aromatic carbocycles. The molecule has 5 rings (SSSR count). The normalized spacial score (nSPS) is 15.6. The molecular formula is C29H27F3N6O2. The Bertz CT molecular complexity index is 1570. The van der Waals surface area contributed by atoms with Crippen LogP contribution >= 0.6 is 0 Å². The van der Waals surface area contributed by atoms with Crippen molar-refractivity contribution >= 4 is 11.9 Å². The van der Waals surface area contributed by atoms with E-state index in [4.69, 9.17) is 5.73 Å². The molecule has 0 saturated carbocycles. The van der Waals surface area contributed by atoms with E-state index in [-0.39, 0.29) is 34.4 Å². The maximum absolute atomic E-state index is 13.5. The average Bonchev–Trinajstić information content (AvgIpc) is 2.96.